The molecule has 74 valence electrons. The molecule has 1 heterocycles. The summed E-state index contributed by atoms with van der Waals surface area (Å²) in [5.41, 5.74) is 0. The molecular weight excluding hydrogens is 194 g/mol. The normalized spacial score (nSPS) is 14.4. The fourth-order valence-corrected chi connectivity index (χ4v) is 1.26. The molecule has 7 heteroatoms. The van der Waals surface area contributed by atoms with Gasteiger partial charge in [0.1, 0.15) is 0 Å². The lowest BCUT2D eigenvalue weighted by Crippen LogP contribution is -2.15. The highest BCUT2D eigenvalue weighted by atomic mass is 32.2. The van der Waals surface area contributed by atoms with E-state index in [0.29, 0.717) is 0 Å². The lowest BCUT2D eigenvalue weighted by atomic mass is 10.4. The summed E-state index contributed by atoms with van der Waals surface area (Å²) < 4.78 is 22.9. The van der Waals surface area contributed by atoms with Crippen LogP contribution in [0.15, 0.2) is 17.3 Å². The second-order valence-electron chi connectivity index (χ2n) is 2.71. The third-order valence-electron chi connectivity index (χ3n) is 1.59. The summed E-state index contributed by atoms with van der Waals surface area (Å²) in [5.74, 6) is 0. The van der Waals surface area contributed by atoms with E-state index in [1.54, 1.807) is 6.92 Å². The molecule has 0 fully saturated rings. The average molecular weight is 205 g/mol. The number of aliphatic hydroxyl groups excluding tert-OH is 1. The fraction of sp³-hybridized carbons (Fsp3) is 0.500. The van der Waals surface area contributed by atoms with Crippen LogP contribution >= 0.6 is 0 Å². The van der Waals surface area contributed by atoms with Gasteiger partial charge in [-0.1, -0.05) is 0 Å². The van der Waals surface area contributed by atoms with Crippen molar-refractivity contribution < 1.29 is 13.5 Å². The van der Waals surface area contributed by atoms with Crippen LogP contribution in [-0.2, 0) is 10.0 Å². The zero-order valence-corrected chi connectivity index (χ0v) is 7.90. The van der Waals surface area contributed by atoms with Crippen molar-refractivity contribution >= 4 is 10.0 Å². The first-order chi connectivity index (χ1) is 5.95. The number of rotatable bonds is 3. The number of nitrogens with zero attached hydrogens (tertiary/aromatic N) is 2. The van der Waals surface area contributed by atoms with Gasteiger partial charge in [-0.15, -0.1) is 0 Å². The van der Waals surface area contributed by atoms with Gasteiger partial charge in [-0.2, -0.15) is 5.10 Å². The van der Waals surface area contributed by atoms with Gasteiger partial charge in [0, 0.05) is 6.20 Å². The van der Waals surface area contributed by atoms with Crippen molar-refractivity contribution in [1.82, 2.24) is 9.78 Å². The number of nitrogens with two attached hydrogens (primary N) is 1. The average Bonchev–Trinajstić information content (AvgIpc) is 2.50. The Bertz CT molecular complexity index is 384. The molecule has 1 rings (SSSR count). The number of sulfonamides is 1. The lowest BCUT2D eigenvalue weighted by molar-refractivity contribution is 0.228. The molecule has 0 saturated heterocycles. The van der Waals surface area contributed by atoms with Crippen LogP contribution in [0.5, 0.6) is 0 Å². The molecule has 3 N–H and O–H groups in total. The number of aliphatic hydroxyl groups is 1. The second-order valence-corrected chi connectivity index (χ2v) is 4.22. The van der Waals surface area contributed by atoms with Gasteiger partial charge in [0.2, 0.25) is 0 Å². The molecule has 1 aromatic rings. The zero-order valence-electron chi connectivity index (χ0n) is 7.08. The van der Waals surface area contributed by atoms with Crippen LogP contribution in [-0.4, -0.2) is 29.9 Å². The highest BCUT2D eigenvalue weighted by Gasteiger charge is 2.13. The van der Waals surface area contributed by atoms with Crippen LogP contribution in [0.3, 0.4) is 0 Å². The van der Waals surface area contributed by atoms with Gasteiger partial charge < -0.3 is 5.11 Å². The van der Waals surface area contributed by atoms with E-state index in [1.165, 1.54) is 16.9 Å². The van der Waals surface area contributed by atoms with Gasteiger partial charge in [-0.25, -0.2) is 13.6 Å². The van der Waals surface area contributed by atoms with E-state index in [9.17, 15) is 8.42 Å². The molecule has 1 atom stereocenters. The van der Waals surface area contributed by atoms with Crippen LogP contribution in [0, 0.1) is 0 Å². The minimum atomic E-state index is -3.74. The zero-order chi connectivity index (χ0) is 10.1. The summed E-state index contributed by atoms with van der Waals surface area (Å²) in [6, 6.07) is 1.04. The molecule has 0 aliphatic carbocycles. The third-order valence-corrected chi connectivity index (χ3v) is 2.39. The Morgan fingerprint density at radius 1 is 1.77 bits per heavy atom. The molecule has 0 radical (unpaired) electrons. The van der Waals surface area contributed by atoms with Gasteiger partial charge in [0.05, 0.1) is 12.6 Å². The van der Waals surface area contributed by atoms with E-state index in [0.717, 1.165) is 0 Å². The van der Waals surface area contributed by atoms with Gasteiger partial charge >= 0.3 is 0 Å². The SMILES string of the molecule is C[C@H](CO)n1ccc(S(N)(=O)=O)n1. The largest absolute Gasteiger partial charge is 0.394 e. The van der Waals surface area contributed by atoms with Crippen molar-refractivity contribution in [3.63, 3.8) is 0 Å². The van der Waals surface area contributed by atoms with Crippen LogP contribution in [0.4, 0.5) is 0 Å². The molecule has 0 aliphatic rings. The summed E-state index contributed by atoms with van der Waals surface area (Å²) in [6.07, 6.45) is 1.46. The quantitative estimate of drug-likeness (QED) is 0.667. The van der Waals surface area contributed by atoms with Crippen LogP contribution < -0.4 is 5.14 Å². The molecular formula is C6H11N3O3S. The van der Waals surface area contributed by atoms with Crippen molar-refractivity contribution in [2.45, 2.75) is 18.0 Å². The van der Waals surface area contributed by atoms with Crippen LogP contribution in [0.25, 0.3) is 0 Å². The Morgan fingerprint density at radius 3 is 2.77 bits per heavy atom. The lowest BCUT2D eigenvalue weighted by Gasteiger charge is -2.06. The monoisotopic (exact) mass is 205 g/mol. The van der Waals surface area contributed by atoms with E-state index in [-0.39, 0.29) is 17.7 Å². The van der Waals surface area contributed by atoms with E-state index >= 15 is 0 Å². The molecule has 6 nitrogen and oxygen atoms in total. The van der Waals surface area contributed by atoms with Gasteiger partial charge in [0.25, 0.3) is 10.0 Å². The molecule has 0 saturated carbocycles. The first kappa shape index (κ1) is 10.2. The highest BCUT2D eigenvalue weighted by molar-refractivity contribution is 7.89. The topological polar surface area (TPSA) is 98.2 Å². The molecule has 0 unspecified atom stereocenters. The molecule has 0 amide bonds. The van der Waals surface area contributed by atoms with Crippen molar-refractivity contribution in [2.75, 3.05) is 6.61 Å². The number of aromatic nitrogens is 2. The molecule has 0 aliphatic heterocycles. The van der Waals surface area contributed by atoms with Crippen molar-refractivity contribution in [3.8, 4) is 0 Å². The van der Waals surface area contributed by atoms with Crippen molar-refractivity contribution in [2.24, 2.45) is 5.14 Å². The maximum atomic E-state index is 10.8. The maximum absolute atomic E-state index is 10.8. The molecule has 0 spiro atoms. The minimum Gasteiger partial charge on any atom is -0.394 e. The molecule has 0 aromatic carbocycles. The van der Waals surface area contributed by atoms with E-state index in [4.69, 9.17) is 10.2 Å². The minimum absolute atomic E-state index is 0.105. The fourth-order valence-electron chi connectivity index (χ4n) is 0.801. The van der Waals surface area contributed by atoms with Gasteiger partial charge in [-0.3, -0.25) is 4.68 Å². The first-order valence-corrected chi connectivity index (χ1v) is 5.18. The maximum Gasteiger partial charge on any atom is 0.257 e. The van der Waals surface area contributed by atoms with Gasteiger partial charge in [0.15, 0.2) is 5.03 Å². The molecule has 13 heavy (non-hydrogen) atoms. The van der Waals surface area contributed by atoms with E-state index < -0.39 is 10.0 Å². The third kappa shape index (κ3) is 2.27. The van der Waals surface area contributed by atoms with Crippen LogP contribution in [0.2, 0.25) is 0 Å². The summed E-state index contributed by atoms with van der Waals surface area (Å²) in [7, 11) is -3.74. The van der Waals surface area contributed by atoms with Gasteiger partial charge in [-0.05, 0) is 13.0 Å². The standard InChI is InChI=1S/C6H11N3O3S/c1-5(4-10)9-3-2-6(8-9)13(7,11)12/h2-3,5,10H,4H2,1H3,(H2,7,11,12)/t5-/m1/s1. The Balaban J connectivity index is 3.00. The Hall–Kier alpha value is -0.920. The van der Waals surface area contributed by atoms with Crippen LogP contribution in [0.1, 0.15) is 13.0 Å². The van der Waals surface area contributed by atoms with Crippen molar-refractivity contribution in [1.29, 1.82) is 0 Å². The Morgan fingerprint density at radius 2 is 2.38 bits per heavy atom. The molecule has 1 aromatic heterocycles. The summed E-state index contributed by atoms with van der Waals surface area (Å²) >= 11 is 0. The summed E-state index contributed by atoms with van der Waals surface area (Å²) in [4.78, 5) is 0. The predicted octanol–water partition coefficient (Wildman–Crippen LogP) is -0.916. The smallest absolute Gasteiger partial charge is 0.257 e. The van der Waals surface area contributed by atoms with E-state index in [2.05, 4.69) is 5.10 Å². The molecule has 0 bridgehead atoms. The summed E-state index contributed by atoms with van der Waals surface area (Å²) in [5, 5.41) is 17.1. The van der Waals surface area contributed by atoms with E-state index in [1.807, 2.05) is 0 Å². The summed E-state index contributed by atoms with van der Waals surface area (Å²) in [6.45, 7) is 1.60. The Labute approximate surface area is 76.0 Å². The number of hydrogen-bond acceptors (Lipinski definition) is 4. The predicted molar refractivity (Wildman–Crippen MR) is 45.4 cm³/mol. The first-order valence-electron chi connectivity index (χ1n) is 3.64. The Kier molecular flexibility index (Phi) is 2.69. The second kappa shape index (κ2) is 3.44. The number of primary sulfonamides is 1. The van der Waals surface area contributed by atoms with Crippen molar-refractivity contribution in [3.05, 3.63) is 12.3 Å². The highest BCUT2D eigenvalue weighted by Crippen LogP contribution is 2.07. The number of hydrogen-bond donors (Lipinski definition) is 2.